The van der Waals surface area contributed by atoms with Gasteiger partial charge in [0.15, 0.2) is 0 Å². The first-order valence-corrected chi connectivity index (χ1v) is 4.62. The second kappa shape index (κ2) is 2.96. The lowest BCUT2D eigenvalue weighted by Gasteiger charge is -1.98. The van der Waals surface area contributed by atoms with E-state index in [9.17, 15) is 4.79 Å². The molecule has 66 valence electrons. The lowest BCUT2D eigenvalue weighted by Crippen LogP contribution is -2.06. The molecule has 1 heterocycles. The lowest BCUT2D eigenvalue weighted by atomic mass is 10.2. The second-order valence-corrected chi connectivity index (χ2v) is 3.61. The van der Waals surface area contributed by atoms with Crippen LogP contribution in [0.15, 0.2) is 28.9 Å². The zero-order valence-corrected chi connectivity index (χ0v) is 8.58. The molecule has 0 saturated carbocycles. The quantitative estimate of drug-likeness (QED) is 0.707. The Bertz CT molecular complexity index is 475. The molecule has 0 aliphatic rings. The molecular weight excluding hydrogens is 232 g/mol. The molecule has 4 heteroatoms. The van der Waals surface area contributed by atoms with Crippen molar-refractivity contribution in [1.29, 1.82) is 0 Å². The van der Waals surface area contributed by atoms with Crippen LogP contribution in [0.2, 0.25) is 0 Å². The molecule has 0 unspecified atom stereocenters. The van der Waals surface area contributed by atoms with Gasteiger partial charge in [-0.2, -0.15) is 9.78 Å². The highest BCUT2D eigenvalue weighted by Crippen LogP contribution is 2.22. The van der Waals surface area contributed by atoms with Crippen molar-refractivity contribution in [3.63, 3.8) is 0 Å². The highest BCUT2D eigenvalue weighted by molar-refractivity contribution is 9.10. The van der Waals surface area contributed by atoms with Crippen LogP contribution in [0.4, 0.5) is 0 Å². The van der Waals surface area contributed by atoms with Crippen LogP contribution in [-0.2, 0) is 0 Å². The summed E-state index contributed by atoms with van der Waals surface area (Å²) in [4.78, 5) is 11.2. The van der Waals surface area contributed by atoms with Gasteiger partial charge in [0.05, 0.1) is 11.7 Å². The third-order valence-electron chi connectivity index (χ3n) is 1.84. The number of halogens is 1. The molecule has 13 heavy (non-hydrogen) atoms. The Morgan fingerprint density at radius 1 is 1.54 bits per heavy atom. The van der Waals surface area contributed by atoms with Crippen molar-refractivity contribution in [2.24, 2.45) is 0 Å². The van der Waals surface area contributed by atoms with E-state index in [2.05, 4.69) is 21.0 Å². The number of carbonyl (C=O) groups excluding carboxylic acids is 1. The predicted octanol–water partition coefficient (Wildman–Crippen LogP) is 2.46. The fraction of sp³-hybridized carbons (Fsp3) is 0.111. The largest absolute Gasteiger partial charge is 0.273 e. The maximum atomic E-state index is 11.2. The Morgan fingerprint density at radius 3 is 3.00 bits per heavy atom. The first-order valence-electron chi connectivity index (χ1n) is 3.83. The van der Waals surface area contributed by atoms with Crippen LogP contribution in [-0.4, -0.2) is 15.7 Å². The summed E-state index contributed by atoms with van der Waals surface area (Å²) < 4.78 is 2.28. The van der Waals surface area contributed by atoms with Gasteiger partial charge in [-0.3, -0.25) is 4.79 Å². The van der Waals surface area contributed by atoms with Gasteiger partial charge in [0, 0.05) is 16.8 Å². The molecule has 0 amide bonds. The van der Waals surface area contributed by atoms with Crippen molar-refractivity contribution in [3.05, 3.63) is 28.9 Å². The van der Waals surface area contributed by atoms with Crippen molar-refractivity contribution < 1.29 is 4.79 Å². The third kappa shape index (κ3) is 1.27. The third-order valence-corrected chi connectivity index (χ3v) is 2.48. The van der Waals surface area contributed by atoms with Crippen molar-refractivity contribution in [1.82, 2.24) is 9.78 Å². The molecule has 0 bridgehead atoms. The Labute approximate surface area is 83.5 Å². The molecule has 1 aromatic carbocycles. The average molecular weight is 239 g/mol. The Hall–Kier alpha value is -1.16. The molecule has 0 saturated heterocycles. The van der Waals surface area contributed by atoms with Gasteiger partial charge in [-0.15, -0.1) is 0 Å². The van der Waals surface area contributed by atoms with Gasteiger partial charge in [-0.1, -0.05) is 12.1 Å². The predicted molar refractivity (Wildman–Crippen MR) is 53.7 cm³/mol. The Kier molecular flexibility index (Phi) is 1.92. The molecule has 3 nitrogen and oxygen atoms in total. The summed E-state index contributed by atoms with van der Waals surface area (Å²) >= 11 is 3.38. The van der Waals surface area contributed by atoms with E-state index in [1.807, 2.05) is 18.2 Å². The van der Waals surface area contributed by atoms with Gasteiger partial charge in [0.1, 0.15) is 0 Å². The lowest BCUT2D eigenvalue weighted by molar-refractivity contribution is 0.0926. The number of nitrogens with zero attached hydrogens (tertiary/aromatic N) is 2. The van der Waals surface area contributed by atoms with Gasteiger partial charge >= 0.3 is 0 Å². The van der Waals surface area contributed by atoms with Crippen molar-refractivity contribution in [2.45, 2.75) is 6.92 Å². The molecule has 2 rings (SSSR count). The fourth-order valence-corrected chi connectivity index (χ4v) is 1.83. The minimum Gasteiger partial charge on any atom is -0.273 e. The SMILES string of the molecule is CC(=O)n1ncc2cccc(Br)c21. The number of aromatic nitrogens is 2. The number of rotatable bonds is 0. The topological polar surface area (TPSA) is 34.9 Å². The number of fused-ring (bicyclic) bond motifs is 1. The number of carbonyl (C=O) groups is 1. The van der Waals surface area contributed by atoms with Crippen LogP contribution in [0.25, 0.3) is 10.9 Å². The maximum absolute atomic E-state index is 11.2. The number of para-hydroxylation sites is 1. The van der Waals surface area contributed by atoms with Crippen molar-refractivity contribution >= 4 is 32.7 Å². The zero-order valence-electron chi connectivity index (χ0n) is 6.99. The van der Waals surface area contributed by atoms with Crippen LogP contribution in [0, 0.1) is 0 Å². The Morgan fingerprint density at radius 2 is 2.31 bits per heavy atom. The fourth-order valence-electron chi connectivity index (χ4n) is 1.28. The molecule has 0 aliphatic carbocycles. The van der Waals surface area contributed by atoms with Crippen LogP contribution >= 0.6 is 15.9 Å². The van der Waals surface area contributed by atoms with E-state index in [1.54, 1.807) is 6.20 Å². The van der Waals surface area contributed by atoms with E-state index in [1.165, 1.54) is 11.6 Å². The molecule has 0 spiro atoms. The van der Waals surface area contributed by atoms with E-state index in [-0.39, 0.29) is 5.91 Å². The molecule has 0 radical (unpaired) electrons. The molecule has 0 aliphatic heterocycles. The minimum absolute atomic E-state index is 0.0816. The Balaban J connectivity index is 2.86. The first-order chi connectivity index (χ1) is 6.20. The van der Waals surface area contributed by atoms with E-state index >= 15 is 0 Å². The van der Waals surface area contributed by atoms with E-state index < -0.39 is 0 Å². The van der Waals surface area contributed by atoms with E-state index in [0.717, 1.165) is 15.4 Å². The summed E-state index contributed by atoms with van der Waals surface area (Å²) in [6, 6.07) is 5.73. The summed E-state index contributed by atoms with van der Waals surface area (Å²) in [7, 11) is 0. The second-order valence-electron chi connectivity index (χ2n) is 2.75. The first kappa shape index (κ1) is 8.44. The number of benzene rings is 1. The summed E-state index contributed by atoms with van der Waals surface area (Å²) in [6.45, 7) is 1.49. The minimum atomic E-state index is -0.0816. The van der Waals surface area contributed by atoms with Crippen LogP contribution < -0.4 is 0 Å². The van der Waals surface area contributed by atoms with Gasteiger partial charge in [0.25, 0.3) is 0 Å². The maximum Gasteiger partial charge on any atom is 0.244 e. The molecule has 0 atom stereocenters. The number of hydrogen-bond acceptors (Lipinski definition) is 2. The van der Waals surface area contributed by atoms with Crippen LogP contribution in [0.3, 0.4) is 0 Å². The van der Waals surface area contributed by atoms with Gasteiger partial charge < -0.3 is 0 Å². The van der Waals surface area contributed by atoms with Crippen molar-refractivity contribution in [2.75, 3.05) is 0 Å². The summed E-state index contributed by atoms with van der Waals surface area (Å²) in [5.41, 5.74) is 0.829. The van der Waals surface area contributed by atoms with Gasteiger partial charge in [-0.25, -0.2) is 0 Å². The van der Waals surface area contributed by atoms with Gasteiger partial charge in [-0.05, 0) is 22.0 Å². The zero-order chi connectivity index (χ0) is 9.42. The molecule has 0 fully saturated rings. The summed E-state index contributed by atoms with van der Waals surface area (Å²) in [6.07, 6.45) is 1.68. The van der Waals surface area contributed by atoms with Crippen LogP contribution in [0.1, 0.15) is 11.7 Å². The molecular formula is C9H7BrN2O. The van der Waals surface area contributed by atoms with E-state index in [0.29, 0.717) is 0 Å². The molecule has 1 aromatic heterocycles. The highest BCUT2D eigenvalue weighted by Gasteiger charge is 2.08. The monoisotopic (exact) mass is 238 g/mol. The van der Waals surface area contributed by atoms with Crippen molar-refractivity contribution in [3.8, 4) is 0 Å². The standard InChI is InChI=1S/C9H7BrN2O/c1-6(13)12-9-7(5-11-12)3-2-4-8(9)10/h2-5H,1H3. The normalized spacial score (nSPS) is 10.6. The summed E-state index contributed by atoms with van der Waals surface area (Å²) in [5.74, 6) is -0.0816. The number of hydrogen-bond donors (Lipinski definition) is 0. The molecule has 2 aromatic rings. The average Bonchev–Trinajstić information content (AvgIpc) is 2.49. The highest BCUT2D eigenvalue weighted by atomic mass is 79.9. The van der Waals surface area contributed by atoms with Crippen LogP contribution in [0.5, 0.6) is 0 Å². The van der Waals surface area contributed by atoms with Gasteiger partial charge in [0.2, 0.25) is 5.91 Å². The molecule has 0 N–H and O–H groups in total. The summed E-state index contributed by atoms with van der Waals surface area (Å²) in [5, 5.41) is 4.96. The smallest absolute Gasteiger partial charge is 0.244 e. The van der Waals surface area contributed by atoms with E-state index in [4.69, 9.17) is 0 Å².